The van der Waals surface area contributed by atoms with Gasteiger partial charge in [0.05, 0.1) is 0 Å². The lowest BCUT2D eigenvalue weighted by molar-refractivity contribution is -0.167. The molecule has 314 valence electrons. The molecule has 0 saturated carbocycles. The van der Waals surface area contributed by atoms with Gasteiger partial charge in [0, 0.05) is 19.3 Å². The fourth-order valence-electron chi connectivity index (χ4n) is 6.93. The molecule has 0 heterocycles. The van der Waals surface area contributed by atoms with Gasteiger partial charge in [-0.15, -0.1) is 0 Å². The third-order valence-corrected chi connectivity index (χ3v) is 10.5. The van der Waals surface area contributed by atoms with Crippen molar-refractivity contribution in [3.05, 3.63) is 0 Å². The highest BCUT2D eigenvalue weighted by Crippen LogP contribution is 2.16. The molecule has 53 heavy (non-hydrogen) atoms. The van der Waals surface area contributed by atoms with Gasteiger partial charge in [-0.3, -0.25) is 14.4 Å². The van der Waals surface area contributed by atoms with Gasteiger partial charge in [0.25, 0.3) is 0 Å². The zero-order chi connectivity index (χ0) is 39.0. The summed E-state index contributed by atoms with van der Waals surface area (Å²) in [6.45, 7) is 11.3. The van der Waals surface area contributed by atoms with Gasteiger partial charge in [0.1, 0.15) is 13.2 Å². The summed E-state index contributed by atoms with van der Waals surface area (Å²) in [5, 5.41) is 0. The predicted molar refractivity (Wildman–Crippen MR) is 224 cm³/mol. The summed E-state index contributed by atoms with van der Waals surface area (Å²) >= 11 is 0. The van der Waals surface area contributed by atoms with Crippen LogP contribution >= 0.6 is 0 Å². The first-order chi connectivity index (χ1) is 25.7. The van der Waals surface area contributed by atoms with Crippen LogP contribution in [0.4, 0.5) is 0 Å². The van der Waals surface area contributed by atoms with Crippen LogP contribution in [0, 0.1) is 11.8 Å². The molecular weight excluding hydrogens is 661 g/mol. The molecule has 0 aliphatic carbocycles. The largest absolute Gasteiger partial charge is 0.462 e. The third-order valence-electron chi connectivity index (χ3n) is 10.5. The van der Waals surface area contributed by atoms with Gasteiger partial charge < -0.3 is 14.2 Å². The molecule has 0 fully saturated rings. The van der Waals surface area contributed by atoms with Crippen LogP contribution in [0.5, 0.6) is 0 Å². The zero-order valence-corrected chi connectivity index (χ0v) is 36.1. The second-order valence-electron chi connectivity index (χ2n) is 17.0. The smallest absolute Gasteiger partial charge is 0.306 e. The predicted octanol–water partition coefficient (Wildman–Crippen LogP) is 14.6. The van der Waals surface area contributed by atoms with Crippen molar-refractivity contribution in [2.75, 3.05) is 13.2 Å². The van der Waals surface area contributed by atoms with E-state index in [1.165, 1.54) is 141 Å². The van der Waals surface area contributed by atoms with Gasteiger partial charge in [0.15, 0.2) is 6.10 Å². The molecule has 6 heteroatoms. The second-order valence-corrected chi connectivity index (χ2v) is 17.0. The summed E-state index contributed by atoms with van der Waals surface area (Å²) in [4.78, 5) is 37.7. The van der Waals surface area contributed by atoms with Crippen LogP contribution in [0.15, 0.2) is 0 Å². The zero-order valence-electron chi connectivity index (χ0n) is 36.1. The Morgan fingerprint density at radius 2 is 0.623 bits per heavy atom. The molecule has 0 N–H and O–H groups in total. The lowest BCUT2D eigenvalue weighted by atomic mass is 10.0. The van der Waals surface area contributed by atoms with E-state index < -0.39 is 6.10 Å². The topological polar surface area (TPSA) is 78.9 Å². The number of esters is 3. The molecule has 0 aromatic rings. The Balaban J connectivity index is 4.32. The van der Waals surface area contributed by atoms with Crippen LogP contribution in [0.2, 0.25) is 0 Å². The molecule has 0 rings (SSSR count). The summed E-state index contributed by atoms with van der Waals surface area (Å²) in [7, 11) is 0. The molecule has 0 aliphatic heterocycles. The lowest BCUT2D eigenvalue weighted by Crippen LogP contribution is -2.30. The Morgan fingerprint density at radius 3 is 0.925 bits per heavy atom. The van der Waals surface area contributed by atoms with Crippen molar-refractivity contribution < 1.29 is 28.6 Å². The van der Waals surface area contributed by atoms with Crippen LogP contribution < -0.4 is 0 Å². The maximum Gasteiger partial charge on any atom is 0.306 e. The summed E-state index contributed by atoms with van der Waals surface area (Å²) in [6.07, 6.45) is 38.1. The normalized spacial score (nSPS) is 12.1. The third kappa shape index (κ3) is 41.4. The maximum atomic E-state index is 12.7. The fourth-order valence-corrected chi connectivity index (χ4v) is 6.93. The highest BCUT2D eigenvalue weighted by atomic mass is 16.6. The summed E-state index contributed by atoms with van der Waals surface area (Å²) in [5.74, 6) is 0.749. The highest BCUT2D eigenvalue weighted by Gasteiger charge is 2.19. The summed E-state index contributed by atoms with van der Waals surface area (Å²) in [5.41, 5.74) is 0. The molecule has 0 bridgehead atoms. The Labute approximate surface area is 329 Å². The van der Waals surface area contributed by atoms with Crippen LogP contribution in [0.1, 0.15) is 253 Å². The molecule has 0 saturated heterocycles. The number of rotatable bonds is 41. The number of carbonyl (C=O) groups excluding carboxylic acids is 3. The standard InChI is InChI=1S/C47H90O6/c1-6-7-8-9-10-11-13-18-23-29-34-39-47(50)53-44(41-52-46(49)38-33-28-24-19-21-26-31-36-43(4)5)40-51-45(48)37-32-27-22-17-15-12-14-16-20-25-30-35-42(2)3/h42-44H,6-41H2,1-5H3/t44-/m0/s1. The number of ether oxygens (including phenoxy) is 3. The van der Waals surface area contributed by atoms with Gasteiger partial charge >= 0.3 is 17.9 Å². The highest BCUT2D eigenvalue weighted by molar-refractivity contribution is 5.71. The van der Waals surface area contributed by atoms with E-state index in [2.05, 4.69) is 34.6 Å². The number of hydrogen-bond acceptors (Lipinski definition) is 6. The average molecular weight is 751 g/mol. The fraction of sp³-hybridized carbons (Fsp3) is 0.936. The van der Waals surface area contributed by atoms with Crippen LogP contribution in [0.3, 0.4) is 0 Å². The van der Waals surface area contributed by atoms with Crippen molar-refractivity contribution in [3.8, 4) is 0 Å². The van der Waals surface area contributed by atoms with Gasteiger partial charge in [-0.2, -0.15) is 0 Å². The molecule has 0 aromatic heterocycles. The van der Waals surface area contributed by atoms with Crippen molar-refractivity contribution in [1.82, 2.24) is 0 Å². The van der Waals surface area contributed by atoms with Crippen molar-refractivity contribution in [2.24, 2.45) is 11.8 Å². The van der Waals surface area contributed by atoms with Gasteiger partial charge in [-0.1, -0.05) is 214 Å². The van der Waals surface area contributed by atoms with Crippen LogP contribution in [0.25, 0.3) is 0 Å². The van der Waals surface area contributed by atoms with E-state index in [4.69, 9.17) is 14.2 Å². The Kier molecular flexibility index (Phi) is 38.9. The van der Waals surface area contributed by atoms with E-state index in [1.54, 1.807) is 0 Å². The first-order valence-electron chi connectivity index (χ1n) is 23.2. The molecule has 0 amide bonds. The van der Waals surface area contributed by atoms with Crippen LogP contribution in [-0.2, 0) is 28.6 Å². The molecule has 0 unspecified atom stereocenters. The quantitative estimate of drug-likeness (QED) is 0.0352. The van der Waals surface area contributed by atoms with E-state index >= 15 is 0 Å². The molecule has 0 radical (unpaired) electrons. The molecule has 0 spiro atoms. The van der Waals surface area contributed by atoms with E-state index in [9.17, 15) is 14.4 Å². The second kappa shape index (κ2) is 40.1. The summed E-state index contributed by atoms with van der Waals surface area (Å²) in [6, 6.07) is 0. The minimum absolute atomic E-state index is 0.0651. The van der Waals surface area contributed by atoms with Crippen molar-refractivity contribution in [3.63, 3.8) is 0 Å². The maximum absolute atomic E-state index is 12.7. The van der Waals surface area contributed by atoms with Gasteiger partial charge in [0.2, 0.25) is 0 Å². The minimum Gasteiger partial charge on any atom is -0.462 e. The number of unbranched alkanes of at least 4 members (excludes halogenated alkanes) is 26. The van der Waals surface area contributed by atoms with Gasteiger partial charge in [-0.05, 0) is 31.1 Å². The number of carbonyl (C=O) groups is 3. The van der Waals surface area contributed by atoms with E-state index in [0.717, 1.165) is 69.6 Å². The Hall–Kier alpha value is -1.59. The van der Waals surface area contributed by atoms with E-state index in [1.807, 2.05) is 0 Å². The number of hydrogen-bond donors (Lipinski definition) is 0. The Morgan fingerprint density at radius 1 is 0.358 bits per heavy atom. The van der Waals surface area contributed by atoms with E-state index in [0.29, 0.717) is 19.3 Å². The molecule has 1 atom stereocenters. The van der Waals surface area contributed by atoms with Crippen molar-refractivity contribution in [1.29, 1.82) is 0 Å². The first kappa shape index (κ1) is 51.4. The first-order valence-corrected chi connectivity index (χ1v) is 23.2. The Bertz CT molecular complexity index is 809. The van der Waals surface area contributed by atoms with Crippen LogP contribution in [-0.4, -0.2) is 37.2 Å². The summed E-state index contributed by atoms with van der Waals surface area (Å²) < 4.78 is 16.7. The lowest BCUT2D eigenvalue weighted by Gasteiger charge is -2.18. The monoisotopic (exact) mass is 751 g/mol. The van der Waals surface area contributed by atoms with Crippen molar-refractivity contribution in [2.45, 2.75) is 259 Å². The van der Waals surface area contributed by atoms with Gasteiger partial charge in [-0.25, -0.2) is 0 Å². The molecule has 0 aliphatic rings. The molecule has 6 nitrogen and oxygen atoms in total. The average Bonchev–Trinajstić information content (AvgIpc) is 3.12. The minimum atomic E-state index is -0.760. The molecule has 0 aromatic carbocycles. The molecular formula is C47H90O6. The SMILES string of the molecule is CCCCCCCCCCCCCC(=O)O[C@@H](COC(=O)CCCCCCCCCCCCCC(C)C)COC(=O)CCCCCCCCCC(C)C. The van der Waals surface area contributed by atoms with E-state index in [-0.39, 0.29) is 31.1 Å². The van der Waals surface area contributed by atoms with Crippen molar-refractivity contribution >= 4 is 17.9 Å².